The van der Waals surface area contributed by atoms with Gasteiger partial charge in [0.05, 0.1) is 11.3 Å². The molecule has 0 aliphatic carbocycles. The SMILES string of the molecule is C[C@@H]1C[C@@H](Nc2ccc(F)c(NC(=O)c3ccsc3)c2)C(=O)O1. The molecule has 1 aliphatic heterocycles. The number of carbonyl (C=O) groups is 2. The minimum absolute atomic E-state index is 0.0608. The van der Waals surface area contributed by atoms with Crippen molar-refractivity contribution in [2.24, 2.45) is 0 Å². The Kier molecular flexibility index (Phi) is 4.29. The Hall–Kier alpha value is -2.41. The lowest BCUT2D eigenvalue weighted by atomic mass is 10.1. The second-order valence-electron chi connectivity index (χ2n) is 5.34. The molecule has 0 bridgehead atoms. The molecule has 3 rings (SSSR count). The van der Waals surface area contributed by atoms with Gasteiger partial charge < -0.3 is 15.4 Å². The number of esters is 1. The summed E-state index contributed by atoms with van der Waals surface area (Å²) in [7, 11) is 0. The Morgan fingerprint density at radius 1 is 1.39 bits per heavy atom. The summed E-state index contributed by atoms with van der Waals surface area (Å²) >= 11 is 1.39. The zero-order valence-electron chi connectivity index (χ0n) is 12.3. The average Bonchev–Trinajstić information content (AvgIpc) is 3.13. The van der Waals surface area contributed by atoms with Crippen LogP contribution < -0.4 is 10.6 Å². The molecule has 2 atom stereocenters. The predicted octanol–water partition coefficient (Wildman–Crippen LogP) is 3.26. The van der Waals surface area contributed by atoms with Crippen LogP contribution in [0, 0.1) is 5.82 Å². The van der Waals surface area contributed by atoms with Crippen molar-refractivity contribution in [3.05, 3.63) is 46.4 Å². The molecule has 7 heteroatoms. The van der Waals surface area contributed by atoms with Gasteiger partial charge >= 0.3 is 5.97 Å². The third kappa shape index (κ3) is 3.50. The number of hydrogen-bond donors (Lipinski definition) is 2. The number of ether oxygens (including phenoxy) is 1. The molecule has 2 heterocycles. The summed E-state index contributed by atoms with van der Waals surface area (Å²) in [4.78, 5) is 23.7. The van der Waals surface area contributed by atoms with E-state index < -0.39 is 11.9 Å². The van der Waals surface area contributed by atoms with Crippen LogP contribution in [0.5, 0.6) is 0 Å². The lowest BCUT2D eigenvalue weighted by Gasteiger charge is -2.13. The molecule has 0 saturated carbocycles. The largest absolute Gasteiger partial charge is 0.461 e. The zero-order valence-corrected chi connectivity index (χ0v) is 13.2. The molecule has 1 aromatic carbocycles. The Bertz CT molecular complexity index is 733. The minimum atomic E-state index is -0.540. The summed E-state index contributed by atoms with van der Waals surface area (Å²) < 4.78 is 19.0. The van der Waals surface area contributed by atoms with Gasteiger partial charge in [0, 0.05) is 17.5 Å². The number of nitrogens with one attached hydrogen (secondary N) is 2. The maximum Gasteiger partial charge on any atom is 0.328 e. The normalized spacial score (nSPS) is 20.2. The van der Waals surface area contributed by atoms with Gasteiger partial charge in [0.25, 0.3) is 5.91 Å². The highest BCUT2D eigenvalue weighted by Gasteiger charge is 2.31. The Balaban J connectivity index is 1.74. The van der Waals surface area contributed by atoms with Crippen molar-refractivity contribution in [3.63, 3.8) is 0 Å². The number of benzene rings is 1. The average molecular weight is 334 g/mol. The number of cyclic esters (lactones) is 1. The second kappa shape index (κ2) is 6.37. The van der Waals surface area contributed by atoms with Crippen molar-refractivity contribution >= 4 is 34.6 Å². The molecule has 120 valence electrons. The highest BCUT2D eigenvalue weighted by atomic mass is 32.1. The van der Waals surface area contributed by atoms with Crippen LogP contribution in [0.2, 0.25) is 0 Å². The van der Waals surface area contributed by atoms with Gasteiger partial charge in [-0.25, -0.2) is 9.18 Å². The van der Waals surface area contributed by atoms with E-state index in [0.717, 1.165) is 0 Å². The first-order chi connectivity index (χ1) is 11.0. The van der Waals surface area contributed by atoms with Gasteiger partial charge in [0.1, 0.15) is 18.0 Å². The number of halogens is 1. The fourth-order valence-electron chi connectivity index (χ4n) is 2.37. The number of carbonyl (C=O) groups excluding carboxylic acids is 2. The third-order valence-electron chi connectivity index (χ3n) is 3.51. The molecule has 1 fully saturated rings. The zero-order chi connectivity index (χ0) is 16.4. The molecule has 23 heavy (non-hydrogen) atoms. The van der Waals surface area contributed by atoms with Crippen LogP contribution in [0.3, 0.4) is 0 Å². The summed E-state index contributed by atoms with van der Waals surface area (Å²) in [5.74, 6) is -1.25. The monoisotopic (exact) mass is 334 g/mol. The van der Waals surface area contributed by atoms with Crippen molar-refractivity contribution in [1.82, 2.24) is 0 Å². The van der Waals surface area contributed by atoms with Crippen molar-refractivity contribution < 1.29 is 18.7 Å². The fourth-order valence-corrected chi connectivity index (χ4v) is 3.01. The van der Waals surface area contributed by atoms with Gasteiger partial charge in [-0.05, 0) is 36.6 Å². The van der Waals surface area contributed by atoms with E-state index in [0.29, 0.717) is 17.7 Å². The molecular formula is C16H15FN2O3S. The molecule has 1 saturated heterocycles. The molecule has 5 nitrogen and oxygen atoms in total. The third-order valence-corrected chi connectivity index (χ3v) is 4.19. The molecular weight excluding hydrogens is 319 g/mol. The first-order valence-corrected chi connectivity index (χ1v) is 8.07. The van der Waals surface area contributed by atoms with Gasteiger partial charge in [-0.1, -0.05) is 0 Å². The number of amides is 1. The predicted molar refractivity (Wildman–Crippen MR) is 86.3 cm³/mol. The second-order valence-corrected chi connectivity index (χ2v) is 6.12. The molecule has 1 aromatic heterocycles. The number of anilines is 2. The standard InChI is InChI=1S/C16H15FN2O3S/c1-9-6-14(16(21)22-9)18-11-2-3-12(17)13(7-11)19-15(20)10-4-5-23-8-10/h2-5,7-9,14,18H,6H2,1H3,(H,19,20)/t9-,14-/m1/s1. The summed E-state index contributed by atoms with van der Waals surface area (Å²) in [6.45, 7) is 1.82. The van der Waals surface area contributed by atoms with Crippen molar-refractivity contribution in [2.45, 2.75) is 25.5 Å². The van der Waals surface area contributed by atoms with Crippen molar-refractivity contribution in [1.29, 1.82) is 0 Å². The van der Waals surface area contributed by atoms with E-state index in [4.69, 9.17) is 4.74 Å². The van der Waals surface area contributed by atoms with Crippen LogP contribution in [0.25, 0.3) is 0 Å². The Morgan fingerprint density at radius 3 is 2.87 bits per heavy atom. The fraction of sp³-hybridized carbons (Fsp3) is 0.250. The van der Waals surface area contributed by atoms with Crippen LogP contribution in [0.15, 0.2) is 35.0 Å². The maximum absolute atomic E-state index is 13.9. The van der Waals surface area contributed by atoms with Gasteiger partial charge in [0.2, 0.25) is 0 Å². The number of rotatable bonds is 4. The molecule has 0 unspecified atom stereocenters. The van der Waals surface area contributed by atoms with Crippen LogP contribution in [-0.2, 0) is 9.53 Å². The molecule has 1 amide bonds. The number of thiophene rings is 1. The van der Waals surface area contributed by atoms with E-state index >= 15 is 0 Å². The van der Waals surface area contributed by atoms with Crippen LogP contribution in [0.4, 0.5) is 15.8 Å². The van der Waals surface area contributed by atoms with E-state index in [1.165, 1.54) is 29.5 Å². The highest BCUT2D eigenvalue weighted by Crippen LogP contribution is 2.24. The van der Waals surface area contributed by atoms with Gasteiger partial charge in [-0.15, -0.1) is 0 Å². The summed E-state index contributed by atoms with van der Waals surface area (Å²) in [5, 5.41) is 9.00. The van der Waals surface area contributed by atoms with Crippen molar-refractivity contribution in [2.75, 3.05) is 10.6 Å². The quantitative estimate of drug-likeness (QED) is 0.842. The molecule has 0 radical (unpaired) electrons. The lowest BCUT2D eigenvalue weighted by molar-refractivity contribution is -0.141. The first kappa shape index (κ1) is 15.5. The van der Waals surface area contributed by atoms with E-state index in [2.05, 4.69) is 10.6 Å². The summed E-state index contributed by atoms with van der Waals surface area (Å²) in [6, 6.07) is 5.43. The maximum atomic E-state index is 13.9. The van der Waals surface area contributed by atoms with Gasteiger partial charge in [-0.2, -0.15) is 11.3 Å². The van der Waals surface area contributed by atoms with E-state index in [1.807, 2.05) is 6.92 Å². The number of hydrogen-bond acceptors (Lipinski definition) is 5. The van der Waals surface area contributed by atoms with Gasteiger partial charge in [0.15, 0.2) is 0 Å². The highest BCUT2D eigenvalue weighted by molar-refractivity contribution is 7.08. The van der Waals surface area contributed by atoms with E-state index in [9.17, 15) is 14.0 Å². The van der Waals surface area contributed by atoms with E-state index in [-0.39, 0.29) is 23.7 Å². The van der Waals surface area contributed by atoms with Crippen LogP contribution in [0.1, 0.15) is 23.7 Å². The van der Waals surface area contributed by atoms with Gasteiger partial charge in [-0.3, -0.25) is 4.79 Å². The first-order valence-electron chi connectivity index (χ1n) is 7.13. The topological polar surface area (TPSA) is 67.4 Å². The molecule has 0 spiro atoms. The molecule has 1 aliphatic rings. The van der Waals surface area contributed by atoms with E-state index in [1.54, 1.807) is 16.8 Å². The Labute approximate surface area is 136 Å². The van der Waals surface area contributed by atoms with Crippen LogP contribution >= 0.6 is 11.3 Å². The van der Waals surface area contributed by atoms with Crippen molar-refractivity contribution in [3.8, 4) is 0 Å². The van der Waals surface area contributed by atoms with Crippen LogP contribution in [-0.4, -0.2) is 24.0 Å². The minimum Gasteiger partial charge on any atom is -0.461 e. The smallest absolute Gasteiger partial charge is 0.328 e. The summed E-state index contributed by atoms with van der Waals surface area (Å²) in [6.07, 6.45) is 0.408. The Morgan fingerprint density at radius 2 is 2.22 bits per heavy atom. The molecule has 2 N–H and O–H groups in total. The molecule has 2 aromatic rings. The lowest BCUT2D eigenvalue weighted by Crippen LogP contribution is -2.24. The summed E-state index contributed by atoms with van der Waals surface area (Å²) in [5.41, 5.74) is 1.08.